The molecule has 3 heterocycles. The van der Waals surface area contributed by atoms with Crippen molar-refractivity contribution in [2.24, 2.45) is 0 Å². The summed E-state index contributed by atoms with van der Waals surface area (Å²) in [6.07, 6.45) is 0. The standard InChI is InChI=1S/C60H36N4O/c1-2-15-37(16-3-1)38-31-33-41(34-32-38)57-50-36-53-56(49-26-9-11-30-52(49)65-53)54(55(50)48-25-8-10-29-51(48)61-57)42-21-12-22-43(35-42)58-62-59(46-27-13-19-39-17-4-6-23-44(39)46)64-60(63-58)47-28-14-20-40-18-5-7-24-45(40)47/h1-36H. The van der Waals surface area contributed by atoms with Gasteiger partial charge >= 0.3 is 0 Å². The molecule has 0 amide bonds. The number of para-hydroxylation sites is 2. The average molecular weight is 829 g/mol. The van der Waals surface area contributed by atoms with Crippen LogP contribution < -0.4 is 0 Å². The SMILES string of the molecule is c1ccc(-c2ccc(-c3nc4ccccc4c4c(-c5cccc(-c6nc(-c7cccc8ccccc78)nc(-c7cccc8ccccc78)n6)c5)c5c(cc34)oc3ccccc35)cc2)cc1. The van der Waals surface area contributed by atoms with E-state index in [-0.39, 0.29) is 0 Å². The van der Waals surface area contributed by atoms with E-state index < -0.39 is 0 Å². The molecule has 0 bridgehead atoms. The Bertz CT molecular complexity index is 3900. The van der Waals surface area contributed by atoms with Crippen molar-refractivity contribution in [3.05, 3.63) is 218 Å². The Kier molecular flexibility index (Phi) is 8.46. The number of hydrogen-bond acceptors (Lipinski definition) is 5. The number of nitrogens with zero attached hydrogens (tertiary/aromatic N) is 4. The van der Waals surface area contributed by atoms with Crippen LogP contribution in [0.15, 0.2) is 223 Å². The summed E-state index contributed by atoms with van der Waals surface area (Å²) in [4.78, 5) is 21.3. The van der Waals surface area contributed by atoms with Gasteiger partial charge in [0, 0.05) is 54.7 Å². The number of fused-ring (bicyclic) bond motifs is 8. The van der Waals surface area contributed by atoms with Crippen LogP contribution in [-0.2, 0) is 0 Å². The molecule has 0 saturated heterocycles. The van der Waals surface area contributed by atoms with Crippen LogP contribution in [-0.4, -0.2) is 19.9 Å². The number of furan rings is 1. The molecule has 0 atom stereocenters. The van der Waals surface area contributed by atoms with Gasteiger partial charge in [-0.25, -0.2) is 19.9 Å². The minimum atomic E-state index is 0.590. The van der Waals surface area contributed by atoms with E-state index in [1.807, 2.05) is 18.2 Å². The second-order valence-corrected chi connectivity index (χ2v) is 16.5. The van der Waals surface area contributed by atoms with E-state index in [4.69, 9.17) is 24.4 Å². The van der Waals surface area contributed by atoms with Crippen LogP contribution in [0.25, 0.3) is 133 Å². The van der Waals surface area contributed by atoms with Gasteiger partial charge in [-0.15, -0.1) is 0 Å². The van der Waals surface area contributed by atoms with E-state index in [1.165, 1.54) is 5.56 Å². The molecule has 0 aliphatic rings. The highest BCUT2D eigenvalue weighted by atomic mass is 16.3. The minimum absolute atomic E-state index is 0.590. The molecule has 0 aliphatic carbocycles. The van der Waals surface area contributed by atoms with E-state index in [0.29, 0.717) is 17.5 Å². The Morgan fingerprint density at radius 1 is 0.292 bits per heavy atom. The fourth-order valence-corrected chi connectivity index (χ4v) is 9.68. The summed E-state index contributed by atoms with van der Waals surface area (Å²) < 4.78 is 6.76. The van der Waals surface area contributed by atoms with Gasteiger partial charge in [0.25, 0.3) is 0 Å². The molecule has 0 radical (unpaired) electrons. The molecule has 0 aliphatic heterocycles. The Morgan fingerprint density at radius 2 is 0.815 bits per heavy atom. The molecule has 0 N–H and O–H groups in total. The number of benzene rings is 10. The lowest BCUT2D eigenvalue weighted by molar-refractivity contribution is 0.669. The summed E-state index contributed by atoms with van der Waals surface area (Å²) in [7, 11) is 0. The van der Waals surface area contributed by atoms with Crippen molar-refractivity contribution in [1.29, 1.82) is 0 Å². The first-order valence-corrected chi connectivity index (χ1v) is 21.9. The second kappa shape index (κ2) is 14.9. The van der Waals surface area contributed by atoms with Crippen molar-refractivity contribution in [2.75, 3.05) is 0 Å². The van der Waals surface area contributed by atoms with Gasteiger partial charge in [0.15, 0.2) is 17.5 Å². The van der Waals surface area contributed by atoms with Gasteiger partial charge in [0.2, 0.25) is 0 Å². The maximum absolute atomic E-state index is 6.76. The Hall–Kier alpha value is -8.80. The maximum Gasteiger partial charge on any atom is 0.164 e. The van der Waals surface area contributed by atoms with Crippen LogP contribution in [0, 0.1) is 0 Å². The van der Waals surface area contributed by atoms with Gasteiger partial charge in [0.1, 0.15) is 11.2 Å². The van der Waals surface area contributed by atoms with Crippen LogP contribution in [0.4, 0.5) is 0 Å². The average Bonchev–Trinajstić information content (AvgIpc) is 3.76. The molecule has 65 heavy (non-hydrogen) atoms. The molecule has 5 heteroatoms. The lowest BCUT2D eigenvalue weighted by Crippen LogP contribution is -2.01. The molecular weight excluding hydrogens is 793 g/mol. The highest BCUT2D eigenvalue weighted by molar-refractivity contribution is 6.28. The summed E-state index contributed by atoms with van der Waals surface area (Å²) in [5.41, 5.74) is 11.7. The Balaban J connectivity index is 1.08. The van der Waals surface area contributed by atoms with Crippen molar-refractivity contribution in [3.8, 4) is 67.7 Å². The molecule has 302 valence electrons. The molecule has 0 unspecified atom stereocenters. The van der Waals surface area contributed by atoms with Crippen LogP contribution in [0.5, 0.6) is 0 Å². The van der Waals surface area contributed by atoms with Crippen LogP contribution >= 0.6 is 0 Å². The molecular formula is C60H36N4O. The first-order chi connectivity index (χ1) is 32.2. The third-order valence-electron chi connectivity index (χ3n) is 12.7. The molecule has 5 nitrogen and oxygen atoms in total. The molecule has 13 rings (SSSR count). The molecule has 3 aromatic heterocycles. The molecule has 0 spiro atoms. The third-order valence-corrected chi connectivity index (χ3v) is 12.7. The molecule has 10 aromatic carbocycles. The Morgan fingerprint density at radius 3 is 1.54 bits per heavy atom. The lowest BCUT2D eigenvalue weighted by atomic mass is 9.89. The number of aromatic nitrogens is 4. The van der Waals surface area contributed by atoms with Gasteiger partial charge in [-0.1, -0.05) is 194 Å². The molecule has 0 saturated carbocycles. The summed E-state index contributed by atoms with van der Waals surface area (Å²) in [5.74, 6) is 1.83. The minimum Gasteiger partial charge on any atom is -0.456 e. The fourth-order valence-electron chi connectivity index (χ4n) is 9.68. The van der Waals surface area contributed by atoms with E-state index in [1.54, 1.807) is 0 Å². The number of pyridine rings is 1. The van der Waals surface area contributed by atoms with Gasteiger partial charge in [-0.3, -0.25) is 0 Å². The monoisotopic (exact) mass is 828 g/mol. The quantitative estimate of drug-likeness (QED) is 0.156. The van der Waals surface area contributed by atoms with Gasteiger partial charge < -0.3 is 4.42 Å². The van der Waals surface area contributed by atoms with Crippen molar-refractivity contribution in [3.63, 3.8) is 0 Å². The molecule has 0 fully saturated rings. The number of hydrogen-bond donors (Lipinski definition) is 0. The predicted octanol–water partition coefficient (Wildman–Crippen LogP) is 15.8. The fraction of sp³-hybridized carbons (Fsp3) is 0. The highest BCUT2D eigenvalue weighted by Gasteiger charge is 2.23. The zero-order chi connectivity index (χ0) is 42.8. The summed E-state index contributed by atoms with van der Waals surface area (Å²) in [5, 5.41) is 9.71. The van der Waals surface area contributed by atoms with Gasteiger partial charge in [-0.05, 0) is 62.5 Å². The van der Waals surface area contributed by atoms with Crippen LogP contribution in [0.3, 0.4) is 0 Å². The predicted molar refractivity (Wildman–Crippen MR) is 268 cm³/mol. The third kappa shape index (κ3) is 6.16. The zero-order valence-electron chi connectivity index (χ0n) is 35.0. The maximum atomic E-state index is 6.76. The van der Waals surface area contributed by atoms with Gasteiger partial charge in [-0.2, -0.15) is 0 Å². The van der Waals surface area contributed by atoms with Crippen LogP contribution in [0.1, 0.15) is 0 Å². The molecule has 13 aromatic rings. The normalized spacial score (nSPS) is 11.7. The highest BCUT2D eigenvalue weighted by Crippen LogP contribution is 2.47. The first-order valence-electron chi connectivity index (χ1n) is 21.9. The smallest absolute Gasteiger partial charge is 0.164 e. The Labute approximate surface area is 374 Å². The van der Waals surface area contributed by atoms with Crippen molar-refractivity contribution in [1.82, 2.24) is 19.9 Å². The zero-order valence-corrected chi connectivity index (χ0v) is 35.0. The summed E-state index contributed by atoms with van der Waals surface area (Å²) in [6.45, 7) is 0. The van der Waals surface area contributed by atoms with Crippen molar-refractivity contribution >= 4 is 65.2 Å². The van der Waals surface area contributed by atoms with E-state index in [0.717, 1.165) is 110 Å². The number of rotatable bonds is 6. The van der Waals surface area contributed by atoms with Gasteiger partial charge in [0.05, 0.1) is 11.2 Å². The largest absolute Gasteiger partial charge is 0.456 e. The second-order valence-electron chi connectivity index (χ2n) is 16.5. The topological polar surface area (TPSA) is 64.7 Å². The summed E-state index contributed by atoms with van der Waals surface area (Å²) in [6, 6.07) is 76.3. The van der Waals surface area contributed by atoms with E-state index in [9.17, 15) is 0 Å². The van der Waals surface area contributed by atoms with Crippen molar-refractivity contribution < 1.29 is 4.42 Å². The van der Waals surface area contributed by atoms with E-state index >= 15 is 0 Å². The van der Waals surface area contributed by atoms with E-state index in [2.05, 4.69) is 200 Å². The summed E-state index contributed by atoms with van der Waals surface area (Å²) >= 11 is 0. The van der Waals surface area contributed by atoms with Crippen molar-refractivity contribution in [2.45, 2.75) is 0 Å². The first kappa shape index (κ1) is 36.8. The lowest BCUT2D eigenvalue weighted by Gasteiger charge is -2.16. The van der Waals surface area contributed by atoms with Crippen LogP contribution in [0.2, 0.25) is 0 Å².